The van der Waals surface area contributed by atoms with Crippen LogP contribution in [0, 0.1) is 0 Å². The van der Waals surface area contributed by atoms with E-state index in [-0.39, 0.29) is 11.3 Å². The quantitative estimate of drug-likeness (QED) is 0.801. The number of carbonyl (C=O) groups is 1. The molecule has 0 saturated carbocycles. The molecule has 4 heteroatoms. The topological polar surface area (TPSA) is 63.3 Å². The molecule has 0 fully saturated rings. The lowest BCUT2D eigenvalue weighted by Crippen LogP contribution is -2.02. The molecule has 3 N–H and O–H groups in total. The summed E-state index contributed by atoms with van der Waals surface area (Å²) in [6.45, 7) is 0. The van der Waals surface area contributed by atoms with E-state index >= 15 is 0 Å². The number of hydrogen-bond donors (Lipinski definition) is 2. The predicted octanol–water partition coefficient (Wildman–Crippen LogP) is 3.29. The van der Waals surface area contributed by atoms with Crippen LogP contribution in [0.1, 0.15) is 10.4 Å². The lowest BCUT2D eigenvalue weighted by atomic mass is 10.0. The van der Waals surface area contributed by atoms with Crippen molar-refractivity contribution in [1.29, 1.82) is 0 Å². The Labute approximate surface area is 103 Å². The van der Waals surface area contributed by atoms with Gasteiger partial charge >= 0.3 is 5.97 Å². The number of benzene rings is 2. The number of halogens is 1. The molecular weight excluding hydrogens is 238 g/mol. The summed E-state index contributed by atoms with van der Waals surface area (Å²) in [4.78, 5) is 10.8. The van der Waals surface area contributed by atoms with Crippen LogP contribution in [0.5, 0.6) is 0 Å². The second-order valence-corrected chi connectivity index (χ2v) is 3.99. The lowest BCUT2D eigenvalue weighted by molar-refractivity contribution is 0.0698. The van der Waals surface area contributed by atoms with E-state index in [0.29, 0.717) is 5.02 Å². The van der Waals surface area contributed by atoms with E-state index in [2.05, 4.69) is 0 Å². The third kappa shape index (κ3) is 2.24. The van der Waals surface area contributed by atoms with Crippen LogP contribution >= 0.6 is 11.6 Å². The van der Waals surface area contributed by atoms with Crippen molar-refractivity contribution in [3.8, 4) is 11.1 Å². The monoisotopic (exact) mass is 247 g/mol. The Morgan fingerprint density at radius 2 is 1.88 bits per heavy atom. The highest BCUT2D eigenvalue weighted by molar-refractivity contribution is 6.33. The average Bonchev–Trinajstić information content (AvgIpc) is 2.29. The molecule has 0 atom stereocenters. The van der Waals surface area contributed by atoms with Crippen molar-refractivity contribution in [3.05, 3.63) is 53.1 Å². The van der Waals surface area contributed by atoms with Crippen molar-refractivity contribution in [1.82, 2.24) is 0 Å². The van der Waals surface area contributed by atoms with E-state index in [0.717, 1.165) is 11.1 Å². The molecule has 0 aliphatic heterocycles. The third-order valence-corrected chi connectivity index (χ3v) is 2.80. The Morgan fingerprint density at radius 3 is 2.47 bits per heavy atom. The number of rotatable bonds is 2. The summed E-state index contributed by atoms with van der Waals surface area (Å²) in [6, 6.07) is 12.1. The number of aromatic carboxylic acids is 1. The van der Waals surface area contributed by atoms with Crippen LogP contribution in [0.15, 0.2) is 42.5 Å². The van der Waals surface area contributed by atoms with E-state index in [4.69, 9.17) is 22.4 Å². The van der Waals surface area contributed by atoms with E-state index in [1.54, 1.807) is 18.2 Å². The summed E-state index contributed by atoms with van der Waals surface area (Å²) in [5, 5.41) is 9.48. The van der Waals surface area contributed by atoms with Crippen LogP contribution in [0.4, 0.5) is 5.69 Å². The highest BCUT2D eigenvalue weighted by atomic mass is 35.5. The molecule has 0 unspecified atom stereocenters. The molecule has 0 bridgehead atoms. The minimum atomic E-state index is -1.03. The normalized spacial score (nSPS) is 10.2. The highest BCUT2D eigenvalue weighted by Gasteiger charge is 2.09. The third-order valence-electron chi connectivity index (χ3n) is 2.47. The summed E-state index contributed by atoms with van der Waals surface area (Å²) in [5.41, 5.74) is 7.65. The molecule has 2 rings (SSSR count). The van der Waals surface area contributed by atoms with E-state index < -0.39 is 5.97 Å². The molecule has 86 valence electrons. The molecule has 0 saturated heterocycles. The van der Waals surface area contributed by atoms with Gasteiger partial charge in [0, 0.05) is 16.3 Å². The van der Waals surface area contributed by atoms with Crippen molar-refractivity contribution in [2.24, 2.45) is 0 Å². The molecule has 0 aliphatic carbocycles. The maximum atomic E-state index is 10.8. The maximum absolute atomic E-state index is 10.8. The van der Waals surface area contributed by atoms with Crippen LogP contribution in [-0.2, 0) is 0 Å². The standard InChI is InChI=1S/C13H10ClNO2/c14-11-4-2-1-3-9(11)8-5-6-10(13(16)17)12(15)7-8/h1-7H,15H2,(H,16,17). The molecule has 0 spiro atoms. The van der Waals surface area contributed by atoms with Gasteiger partial charge in [-0.25, -0.2) is 4.79 Å². The Hall–Kier alpha value is -2.00. The first-order valence-electron chi connectivity index (χ1n) is 4.97. The van der Waals surface area contributed by atoms with Gasteiger partial charge in [-0.1, -0.05) is 35.9 Å². The van der Waals surface area contributed by atoms with Gasteiger partial charge in [0.15, 0.2) is 0 Å². The summed E-state index contributed by atoms with van der Waals surface area (Å²) in [6.07, 6.45) is 0. The van der Waals surface area contributed by atoms with Gasteiger partial charge in [-0.3, -0.25) is 0 Å². The fourth-order valence-corrected chi connectivity index (χ4v) is 1.87. The first-order chi connectivity index (χ1) is 8.09. The molecule has 0 aromatic heterocycles. The molecule has 2 aromatic rings. The molecule has 0 radical (unpaired) electrons. The second-order valence-electron chi connectivity index (χ2n) is 3.59. The molecule has 2 aromatic carbocycles. The van der Waals surface area contributed by atoms with Crippen LogP contribution < -0.4 is 5.73 Å². The number of hydrogen-bond acceptors (Lipinski definition) is 2. The van der Waals surface area contributed by atoms with Gasteiger partial charge in [-0.05, 0) is 23.8 Å². The molecule has 0 aliphatic rings. The van der Waals surface area contributed by atoms with Gasteiger partial charge in [0.1, 0.15) is 0 Å². The van der Waals surface area contributed by atoms with Gasteiger partial charge in [-0.15, -0.1) is 0 Å². The Balaban J connectivity index is 2.52. The Bertz CT molecular complexity index is 581. The van der Waals surface area contributed by atoms with E-state index in [9.17, 15) is 4.79 Å². The zero-order valence-corrected chi connectivity index (χ0v) is 9.61. The Morgan fingerprint density at radius 1 is 1.18 bits per heavy atom. The zero-order valence-electron chi connectivity index (χ0n) is 8.85. The summed E-state index contributed by atoms with van der Waals surface area (Å²) >= 11 is 6.06. The maximum Gasteiger partial charge on any atom is 0.337 e. The molecule has 17 heavy (non-hydrogen) atoms. The molecule has 0 heterocycles. The lowest BCUT2D eigenvalue weighted by Gasteiger charge is -2.07. The van der Waals surface area contributed by atoms with E-state index in [1.165, 1.54) is 6.07 Å². The van der Waals surface area contributed by atoms with Crippen molar-refractivity contribution < 1.29 is 9.90 Å². The van der Waals surface area contributed by atoms with Gasteiger partial charge in [-0.2, -0.15) is 0 Å². The number of anilines is 1. The highest BCUT2D eigenvalue weighted by Crippen LogP contribution is 2.29. The summed E-state index contributed by atoms with van der Waals surface area (Å²) in [5.74, 6) is -1.03. The fourth-order valence-electron chi connectivity index (χ4n) is 1.62. The minimum absolute atomic E-state index is 0.0980. The van der Waals surface area contributed by atoms with Crippen LogP contribution in [0.3, 0.4) is 0 Å². The van der Waals surface area contributed by atoms with Crippen molar-refractivity contribution in [3.63, 3.8) is 0 Å². The van der Waals surface area contributed by atoms with Crippen LogP contribution in [0.2, 0.25) is 5.02 Å². The Kier molecular flexibility index (Phi) is 3.02. The van der Waals surface area contributed by atoms with Crippen LogP contribution in [0.25, 0.3) is 11.1 Å². The van der Waals surface area contributed by atoms with Crippen LogP contribution in [-0.4, -0.2) is 11.1 Å². The van der Waals surface area contributed by atoms with Crippen molar-refractivity contribution >= 4 is 23.3 Å². The van der Waals surface area contributed by atoms with E-state index in [1.807, 2.05) is 18.2 Å². The van der Waals surface area contributed by atoms with Gasteiger partial charge in [0.05, 0.1) is 5.56 Å². The number of carboxylic acid groups (broad SMARTS) is 1. The SMILES string of the molecule is Nc1cc(-c2ccccc2Cl)ccc1C(=O)O. The molecule has 3 nitrogen and oxygen atoms in total. The van der Waals surface area contributed by atoms with Crippen molar-refractivity contribution in [2.75, 3.05) is 5.73 Å². The smallest absolute Gasteiger partial charge is 0.337 e. The number of nitrogen functional groups attached to an aromatic ring is 1. The van der Waals surface area contributed by atoms with Gasteiger partial charge < -0.3 is 10.8 Å². The first kappa shape index (κ1) is 11.5. The number of carboxylic acids is 1. The summed E-state index contributed by atoms with van der Waals surface area (Å²) in [7, 11) is 0. The fraction of sp³-hybridized carbons (Fsp3) is 0. The summed E-state index contributed by atoms with van der Waals surface area (Å²) < 4.78 is 0. The predicted molar refractivity (Wildman–Crippen MR) is 68.3 cm³/mol. The second kappa shape index (κ2) is 4.47. The van der Waals surface area contributed by atoms with Crippen molar-refractivity contribution in [2.45, 2.75) is 0 Å². The molecular formula is C13H10ClNO2. The van der Waals surface area contributed by atoms with Gasteiger partial charge in [0.25, 0.3) is 0 Å². The average molecular weight is 248 g/mol. The molecule has 0 amide bonds. The largest absolute Gasteiger partial charge is 0.478 e. The zero-order chi connectivity index (χ0) is 12.4. The number of nitrogens with two attached hydrogens (primary N) is 1. The van der Waals surface area contributed by atoms with Gasteiger partial charge in [0.2, 0.25) is 0 Å². The minimum Gasteiger partial charge on any atom is -0.478 e. The first-order valence-corrected chi connectivity index (χ1v) is 5.35.